The van der Waals surface area contributed by atoms with Crippen molar-refractivity contribution in [2.24, 2.45) is 0 Å². The van der Waals surface area contributed by atoms with Crippen LogP contribution in [0.4, 0.5) is 13.2 Å². The molecular weight excluding hydrogens is 299 g/mol. The molecule has 2 heterocycles. The Balaban J connectivity index is 2.03. The summed E-state index contributed by atoms with van der Waals surface area (Å²) in [6, 6.07) is 1.71. The van der Waals surface area contributed by atoms with Gasteiger partial charge in [0.15, 0.2) is 6.10 Å². The molecule has 1 unspecified atom stereocenters. The van der Waals surface area contributed by atoms with Gasteiger partial charge in [0.05, 0.1) is 12.3 Å². The molecule has 0 bridgehead atoms. The van der Waals surface area contributed by atoms with Crippen molar-refractivity contribution in [2.75, 3.05) is 26.2 Å². The van der Waals surface area contributed by atoms with Crippen molar-refractivity contribution < 1.29 is 23.0 Å². The summed E-state index contributed by atoms with van der Waals surface area (Å²) in [5.41, 5.74) is 0.657. The Labute approximate surface area is 127 Å². The van der Waals surface area contributed by atoms with E-state index in [1.807, 2.05) is 13.8 Å². The second-order valence-electron chi connectivity index (χ2n) is 5.67. The monoisotopic (exact) mass is 319 g/mol. The van der Waals surface area contributed by atoms with Crippen LogP contribution in [0.15, 0.2) is 12.3 Å². The third-order valence-corrected chi connectivity index (χ3v) is 3.50. The van der Waals surface area contributed by atoms with Gasteiger partial charge in [0.2, 0.25) is 0 Å². The molecule has 0 spiro atoms. The first-order valence-electron chi connectivity index (χ1n) is 7.19. The number of aliphatic hydroxyl groups is 1. The van der Waals surface area contributed by atoms with Crippen LogP contribution in [0, 0.1) is 0 Å². The molecule has 2 rings (SSSR count). The maximum Gasteiger partial charge on any atom is 0.415 e. The summed E-state index contributed by atoms with van der Waals surface area (Å²) in [6.45, 7) is 4.40. The normalized spacial score (nSPS) is 22.0. The fourth-order valence-electron chi connectivity index (χ4n) is 2.24. The predicted molar refractivity (Wildman–Crippen MR) is 73.3 cm³/mol. The van der Waals surface area contributed by atoms with E-state index in [9.17, 15) is 18.3 Å². The lowest BCUT2D eigenvalue weighted by atomic mass is 10.1. The van der Waals surface area contributed by atoms with Crippen LogP contribution in [0.5, 0.6) is 0 Å². The van der Waals surface area contributed by atoms with Crippen LogP contribution in [-0.2, 0) is 4.74 Å². The van der Waals surface area contributed by atoms with E-state index >= 15 is 0 Å². The average molecular weight is 319 g/mol. The van der Waals surface area contributed by atoms with E-state index in [1.165, 1.54) is 0 Å². The topological polar surface area (TPSA) is 58.5 Å². The van der Waals surface area contributed by atoms with Gasteiger partial charge in [0.25, 0.3) is 0 Å². The maximum absolute atomic E-state index is 12.4. The largest absolute Gasteiger partial charge is 0.415 e. The number of morpholine rings is 1. The van der Waals surface area contributed by atoms with Gasteiger partial charge in [-0.25, -0.2) is 9.97 Å². The average Bonchev–Trinajstić information content (AvgIpc) is 2.46. The number of nitrogens with zero attached hydrogens (tertiary/aromatic N) is 3. The maximum atomic E-state index is 12.4. The number of aliphatic hydroxyl groups excluding tert-OH is 1. The molecule has 8 heteroatoms. The predicted octanol–water partition coefficient (Wildman–Crippen LogP) is 1.90. The van der Waals surface area contributed by atoms with Crippen molar-refractivity contribution >= 4 is 0 Å². The number of alkyl halides is 3. The first kappa shape index (κ1) is 17.1. The van der Waals surface area contributed by atoms with Gasteiger partial charge in [0.1, 0.15) is 11.9 Å². The first-order chi connectivity index (χ1) is 10.3. The van der Waals surface area contributed by atoms with Crippen molar-refractivity contribution in [3.63, 3.8) is 0 Å². The third kappa shape index (κ3) is 4.37. The number of hydrogen-bond acceptors (Lipinski definition) is 5. The Kier molecular flexibility index (Phi) is 5.36. The van der Waals surface area contributed by atoms with Crippen molar-refractivity contribution in [1.29, 1.82) is 0 Å². The molecule has 1 aromatic rings. The zero-order valence-electron chi connectivity index (χ0n) is 12.5. The van der Waals surface area contributed by atoms with Gasteiger partial charge in [-0.05, 0) is 6.07 Å². The minimum absolute atomic E-state index is 0.159. The molecule has 5 nitrogen and oxygen atoms in total. The molecule has 0 saturated carbocycles. The molecule has 124 valence electrons. The smallest absolute Gasteiger partial charge is 0.382 e. The van der Waals surface area contributed by atoms with Crippen LogP contribution < -0.4 is 0 Å². The van der Waals surface area contributed by atoms with E-state index in [4.69, 9.17) is 4.74 Å². The molecule has 0 aliphatic carbocycles. The quantitative estimate of drug-likeness (QED) is 0.918. The Bertz CT molecular complexity index is 496. The molecule has 0 aromatic carbocycles. The lowest BCUT2D eigenvalue weighted by Crippen LogP contribution is -2.46. The molecule has 22 heavy (non-hydrogen) atoms. The molecule has 0 radical (unpaired) electrons. The van der Waals surface area contributed by atoms with Gasteiger partial charge >= 0.3 is 6.18 Å². The minimum atomic E-state index is -4.60. The summed E-state index contributed by atoms with van der Waals surface area (Å²) in [5.74, 6) is 0.834. The van der Waals surface area contributed by atoms with Gasteiger partial charge in [-0.15, -0.1) is 0 Å². The zero-order chi connectivity index (χ0) is 16.3. The van der Waals surface area contributed by atoms with Gasteiger partial charge in [-0.2, -0.15) is 13.2 Å². The highest BCUT2D eigenvalue weighted by atomic mass is 19.4. The van der Waals surface area contributed by atoms with Crippen LogP contribution in [0.25, 0.3) is 0 Å². The highest BCUT2D eigenvalue weighted by Crippen LogP contribution is 2.25. The van der Waals surface area contributed by atoms with E-state index in [-0.39, 0.29) is 12.5 Å². The van der Waals surface area contributed by atoms with Gasteiger partial charge in [-0.1, -0.05) is 13.8 Å². The number of ether oxygens (including phenoxy) is 1. The van der Waals surface area contributed by atoms with E-state index in [2.05, 4.69) is 9.97 Å². The third-order valence-electron chi connectivity index (χ3n) is 3.50. The van der Waals surface area contributed by atoms with E-state index in [0.29, 0.717) is 24.7 Å². The lowest BCUT2D eigenvalue weighted by Gasteiger charge is -2.34. The van der Waals surface area contributed by atoms with Crippen LogP contribution in [0.1, 0.15) is 37.4 Å². The molecule has 1 N–H and O–H groups in total. The molecule has 1 saturated heterocycles. The van der Waals surface area contributed by atoms with Crippen LogP contribution in [0.3, 0.4) is 0 Å². The Hall–Kier alpha value is -1.25. The summed E-state index contributed by atoms with van der Waals surface area (Å²) in [7, 11) is 0. The second-order valence-corrected chi connectivity index (χ2v) is 5.67. The Morgan fingerprint density at radius 3 is 2.82 bits per heavy atom. The highest BCUT2D eigenvalue weighted by Gasteiger charge is 2.40. The summed E-state index contributed by atoms with van der Waals surface area (Å²) in [5, 5.41) is 9.18. The molecule has 0 amide bonds. The van der Waals surface area contributed by atoms with E-state index in [0.717, 1.165) is 0 Å². The molecule has 1 aromatic heterocycles. The summed E-state index contributed by atoms with van der Waals surface area (Å²) >= 11 is 0. The van der Waals surface area contributed by atoms with E-state index in [1.54, 1.807) is 17.2 Å². The number of rotatable bonds is 4. The van der Waals surface area contributed by atoms with Crippen LogP contribution in [0.2, 0.25) is 0 Å². The Morgan fingerprint density at radius 2 is 2.18 bits per heavy atom. The molecular formula is C14H20F3N3O2. The Morgan fingerprint density at radius 1 is 1.45 bits per heavy atom. The second kappa shape index (κ2) is 6.89. The number of hydrogen-bond donors (Lipinski definition) is 1. The SMILES string of the molecule is CC(C)c1nccc(C2CN(C[C@H](O)C(F)(F)F)CCO2)n1. The zero-order valence-corrected chi connectivity index (χ0v) is 12.5. The van der Waals surface area contributed by atoms with Gasteiger partial charge < -0.3 is 9.84 Å². The minimum Gasteiger partial charge on any atom is -0.382 e. The standard InChI is InChI=1S/C14H20F3N3O2/c1-9(2)13-18-4-3-10(19-13)11-7-20(5-6-22-11)8-12(21)14(15,16)17/h3-4,9,11-12,21H,5-8H2,1-2H3/t11?,12-/m0/s1. The van der Waals surface area contributed by atoms with Crippen molar-refractivity contribution in [2.45, 2.75) is 38.1 Å². The molecule has 1 aliphatic rings. The first-order valence-corrected chi connectivity index (χ1v) is 7.19. The van der Waals surface area contributed by atoms with Crippen molar-refractivity contribution in [3.8, 4) is 0 Å². The molecule has 1 fully saturated rings. The lowest BCUT2D eigenvalue weighted by molar-refractivity contribution is -0.211. The fourth-order valence-corrected chi connectivity index (χ4v) is 2.24. The summed E-state index contributed by atoms with van der Waals surface area (Å²) in [4.78, 5) is 10.1. The molecule has 2 atom stereocenters. The summed E-state index contributed by atoms with van der Waals surface area (Å²) < 4.78 is 42.9. The van der Waals surface area contributed by atoms with Gasteiger partial charge in [-0.3, -0.25) is 4.90 Å². The van der Waals surface area contributed by atoms with Crippen molar-refractivity contribution in [1.82, 2.24) is 14.9 Å². The summed E-state index contributed by atoms with van der Waals surface area (Å²) in [6.07, 6.45) is -5.73. The van der Waals surface area contributed by atoms with Gasteiger partial charge in [0, 0.05) is 31.7 Å². The van der Waals surface area contributed by atoms with Crippen LogP contribution >= 0.6 is 0 Å². The number of halogens is 3. The molecule has 1 aliphatic heterocycles. The fraction of sp³-hybridized carbons (Fsp3) is 0.714. The van der Waals surface area contributed by atoms with Crippen LogP contribution in [-0.4, -0.2) is 58.5 Å². The van der Waals surface area contributed by atoms with Crippen molar-refractivity contribution in [3.05, 3.63) is 23.8 Å². The van der Waals surface area contributed by atoms with E-state index < -0.39 is 24.9 Å². The number of aromatic nitrogens is 2. The highest BCUT2D eigenvalue weighted by molar-refractivity contribution is 5.09. The number of β-amino-alcohol motifs (C(OH)–C–C–N with tert-alkyl or cyclic N) is 1.